The minimum atomic E-state index is -0.123. The number of rotatable bonds is 16. The molecular formula is C36H55N2O3S+. The molecule has 0 radical (unpaired) electrons. The number of nitrogens with zero attached hydrogens (tertiary/aromatic N) is 2. The Morgan fingerprint density at radius 2 is 1.40 bits per heavy atom. The minimum absolute atomic E-state index is 0.0912. The highest BCUT2D eigenvalue weighted by Crippen LogP contribution is 2.29. The van der Waals surface area contributed by atoms with Gasteiger partial charge in [0.15, 0.2) is 0 Å². The van der Waals surface area contributed by atoms with E-state index in [1.165, 1.54) is 55.0 Å². The van der Waals surface area contributed by atoms with E-state index in [9.17, 15) is 9.59 Å². The second-order valence-electron chi connectivity index (χ2n) is 12.4. The van der Waals surface area contributed by atoms with E-state index in [0.29, 0.717) is 6.54 Å². The van der Waals surface area contributed by atoms with Gasteiger partial charge in [-0.1, -0.05) is 62.1 Å². The molecule has 0 bridgehead atoms. The lowest BCUT2D eigenvalue weighted by atomic mass is 10.0. The molecule has 42 heavy (non-hydrogen) atoms. The predicted molar refractivity (Wildman–Crippen MR) is 176 cm³/mol. The number of unbranched alkanes of at least 4 members (excludes halogenated alkanes) is 5. The number of thioether (sulfide) groups is 1. The van der Waals surface area contributed by atoms with E-state index >= 15 is 0 Å². The summed E-state index contributed by atoms with van der Waals surface area (Å²) >= 11 is 1.43. The number of carbonyl (C=O) groups excluding carboxylic acids is 2. The van der Waals surface area contributed by atoms with Crippen LogP contribution in [0.2, 0.25) is 0 Å². The standard InChI is InChI=1S/C36H55N2O3S/c1-7-38(8-2,27-33(39)42-35-30(5)21-18-22-31(35)6)26-16-12-10-9-11-14-24-37-25-15-13-23-32(37)36(40)41-34-28(3)19-17-20-29(34)4/h17-22,32H,7-16,23-27H2,1-6H3/q+1/t32-/m1/s1. The smallest absolute Gasteiger partial charge is 0.328 e. The number of hydrogen-bond acceptors (Lipinski definition) is 5. The molecule has 3 rings (SSSR count). The van der Waals surface area contributed by atoms with E-state index in [1.54, 1.807) is 0 Å². The highest BCUT2D eigenvalue weighted by Gasteiger charge is 2.31. The molecule has 0 aliphatic carbocycles. The third-order valence-electron chi connectivity index (χ3n) is 9.26. The first kappa shape index (κ1) is 34.3. The molecule has 0 unspecified atom stereocenters. The van der Waals surface area contributed by atoms with Crippen LogP contribution in [0, 0.1) is 27.7 Å². The third kappa shape index (κ3) is 9.96. The summed E-state index contributed by atoms with van der Waals surface area (Å²) in [5, 5.41) is 0.282. The molecule has 1 heterocycles. The van der Waals surface area contributed by atoms with E-state index in [1.807, 2.05) is 32.0 Å². The van der Waals surface area contributed by atoms with Crippen molar-refractivity contribution in [3.05, 3.63) is 58.7 Å². The van der Waals surface area contributed by atoms with Crippen molar-refractivity contribution < 1.29 is 18.8 Å². The van der Waals surface area contributed by atoms with Crippen LogP contribution in [-0.4, -0.2) is 65.8 Å². The number of likely N-dealkylation sites (N-methyl/N-ethyl adjacent to an activating group) is 1. The van der Waals surface area contributed by atoms with Crippen LogP contribution in [0.3, 0.4) is 0 Å². The average Bonchev–Trinajstić information content (AvgIpc) is 2.98. The Morgan fingerprint density at radius 1 is 0.833 bits per heavy atom. The summed E-state index contributed by atoms with van der Waals surface area (Å²) in [6, 6.07) is 12.1. The van der Waals surface area contributed by atoms with Crippen molar-refractivity contribution in [2.24, 2.45) is 0 Å². The van der Waals surface area contributed by atoms with Crippen molar-refractivity contribution in [1.82, 2.24) is 4.90 Å². The average molecular weight is 596 g/mol. The van der Waals surface area contributed by atoms with Crippen molar-refractivity contribution in [2.75, 3.05) is 39.3 Å². The van der Waals surface area contributed by atoms with Crippen LogP contribution in [0.25, 0.3) is 0 Å². The highest BCUT2D eigenvalue weighted by molar-refractivity contribution is 8.13. The zero-order valence-electron chi connectivity index (χ0n) is 27.2. The summed E-state index contributed by atoms with van der Waals surface area (Å²) in [4.78, 5) is 29.7. The molecule has 1 aliphatic heterocycles. The Bertz CT molecular complexity index is 1120. The molecule has 2 aromatic carbocycles. The number of aryl methyl sites for hydroxylation is 4. The number of carbonyl (C=O) groups is 2. The van der Waals surface area contributed by atoms with Gasteiger partial charge in [-0.25, -0.2) is 4.79 Å². The fraction of sp³-hybridized carbons (Fsp3) is 0.611. The Kier molecular flexibility index (Phi) is 14.1. The minimum Gasteiger partial charge on any atom is -0.425 e. The first-order valence-corrected chi connectivity index (χ1v) is 17.1. The number of ether oxygens (including phenoxy) is 1. The molecule has 6 heteroatoms. The van der Waals surface area contributed by atoms with Gasteiger partial charge in [-0.2, -0.15) is 0 Å². The number of piperidine rings is 1. The van der Waals surface area contributed by atoms with E-state index in [4.69, 9.17) is 4.74 Å². The third-order valence-corrected chi connectivity index (χ3v) is 10.5. The fourth-order valence-electron chi connectivity index (χ4n) is 6.35. The second kappa shape index (κ2) is 17.2. The zero-order valence-corrected chi connectivity index (χ0v) is 28.0. The molecule has 0 spiro atoms. The quantitative estimate of drug-likeness (QED) is 0.0644. The van der Waals surface area contributed by atoms with Crippen LogP contribution >= 0.6 is 11.8 Å². The summed E-state index contributed by atoms with van der Waals surface area (Å²) in [7, 11) is 0. The molecule has 2 aromatic rings. The van der Waals surface area contributed by atoms with Gasteiger partial charge in [-0.05, 0) is 121 Å². The summed E-state index contributed by atoms with van der Waals surface area (Å²) in [6.45, 7) is 18.3. The maximum absolute atomic E-state index is 13.1. The lowest BCUT2D eigenvalue weighted by molar-refractivity contribution is -0.917. The normalized spacial score (nSPS) is 16.0. The fourth-order valence-corrected chi connectivity index (χ4v) is 7.37. The van der Waals surface area contributed by atoms with E-state index in [-0.39, 0.29) is 17.1 Å². The van der Waals surface area contributed by atoms with Gasteiger partial charge in [0, 0.05) is 4.90 Å². The Labute approximate surface area is 260 Å². The number of benzene rings is 2. The molecule has 0 aromatic heterocycles. The molecule has 1 aliphatic rings. The SMILES string of the molecule is CC[N+](CC)(CCCCCCCCN1CCCC[C@@H]1C(=O)Oc1c(C)cccc1C)CC(=O)Sc1c(C)cccc1C. The van der Waals surface area contributed by atoms with Gasteiger partial charge in [-0.15, -0.1) is 0 Å². The topological polar surface area (TPSA) is 46.6 Å². The molecule has 1 fully saturated rings. The predicted octanol–water partition coefficient (Wildman–Crippen LogP) is 8.20. The van der Waals surface area contributed by atoms with Crippen LogP contribution in [0.15, 0.2) is 41.3 Å². The Morgan fingerprint density at radius 3 is 2.02 bits per heavy atom. The van der Waals surface area contributed by atoms with Gasteiger partial charge < -0.3 is 9.22 Å². The van der Waals surface area contributed by atoms with E-state index in [2.05, 4.69) is 50.8 Å². The van der Waals surface area contributed by atoms with Gasteiger partial charge in [0.05, 0.1) is 19.6 Å². The largest absolute Gasteiger partial charge is 0.425 e. The van der Waals surface area contributed by atoms with Gasteiger partial charge in [0.25, 0.3) is 0 Å². The van der Waals surface area contributed by atoms with Crippen LogP contribution in [0.1, 0.15) is 93.9 Å². The highest BCUT2D eigenvalue weighted by atomic mass is 32.2. The maximum Gasteiger partial charge on any atom is 0.328 e. The first-order valence-electron chi connectivity index (χ1n) is 16.3. The molecule has 5 nitrogen and oxygen atoms in total. The number of quaternary nitrogens is 1. The van der Waals surface area contributed by atoms with E-state index in [0.717, 1.165) is 84.7 Å². The zero-order chi connectivity index (χ0) is 30.5. The Hall–Kier alpha value is -2.15. The lowest BCUT2D eigenvalue weighted by Gasteiger charge is -2.36. The van der Waals surface area contributed by atoms with Crippen LogP contribution in [-0.2, 0) is 9.59 Å². The molecule has 1 saturated heterocycles. The first-order chi connectivity index (χ1) is 20.2. The van der Waals surface area contributed by atoms with Crippen molar-refractivity contribution in [1.29, 1.82) is 0 Å². The van der Waals surface area contributed by atoms with Crippen molar-refractivity contribution >= 4 is 22.8 Å². The summed E-state index contributed by atoms with van der Waals surface area (Å²) in [5.74, 6) is 0.637. The molecule has 0 N–H and O–H groups in total. The number of likely N-dealkylation sites (tertiary alicyclic amines) is 1. The molecule has 232 valence electrons. The van der Waals surface area contributed by atoms with Crippen LogP contribution in [0.4, 0.5) is 0 Å². The van der Waals surface area contributed by atoms with Crippen LogP contribution < -0.4 is 4.74 Å². The second-order valence-corrected chi connectivity index (χ2v) is 13.4. The summed E-state index contributed by atoms with van der Waals surface area (Å²) < 4.78 is 6.80. The van der Waals surface area contributed by atoms with E-state index < -0.39 is 0 Å². The Balaban J connectivity index is 1.37. The van der Waals surface area contributed by atoms with Gasteiger partial charge >= 0.3 is 5.97 Å². The number of esters is 1. The molecule has 1 atom stereocenters. The molecular weight excluding hydrogens is 540 g/mol. The van der Waals surface area contributed by atoms with Crippen molar-refractivity contribution in [3.63, 3.8) is 0 Å². The van der Waals surface area contributed by atoms with Gasteiger partial charge in [0.2, 0.25) is 5.12 Å². The lowest BCUT2D eigenvalue weighted by Crippen LogP contribution is -2.51. The van der Waals surface area contributed by atoms with Gasteiger partial charge in [0.1, 0.15) is 18.3 Å². The number of para-hydroxylation sites is 1. The van der Waals surface area contributed by atoms with Crippen molar-refractivity contribution in [3.8, 4) is 5.75 Å². The monoisotopic (exact) mass is 595 g/mol. The van der Waals surface area contributed by atoms with Crippen molar-refractivity contribution in [2.45, 2.75) is 110 Å². The van der Waals surface area contributed by atoms with Crippen LogP contribution in [0.5, 0.6) is 5.75 Å². The maximum atomic E-state index is 13.1. The summed E-state index contributed by atoms with van der Waals surface area (Å²) in [6.07, 6.45) is 10.3. The molecule has 0 saturated carbocycles. The molecule has 0 amide bonds. The number of hydrogen-bond donors (Lipinski definition) is 0. The summed E-state index contributed by atoms with van der Waals surface area (Å²) in [5.41, 5.74) is 4.41. The van der Waals surface area contributed by atoms with Gasteiger partial charge in [-0.3, -0.25) is 9.69 Å².